The van der Waals surface area contributed by atoms with Crippen molar-refractivity contribution in [3.05, 3.63) is 35.4 Å². The number of halogens is 3. The molecule has 0 amide bonds. The average Bonchev–Trinajstić information content (AvgIpc) is 1.88. The Bertz CT molecular complexity index is 204. The van der Waals surface area contributed by atoms with Crippen LogP contribution in [0, 0.1) is 0 Å². The van der Waals surface area contributed by atoms with Gasteiger partial charge in [-0.1, -0.05) is 30.8 Å². The lowest BCUT2D eigenvalue weighted by atomic mass is 10.2. The Kier molecular flexibility index (Phi) is 4.04. The molecule has 0 saturated heterocycles. The molecule has 0 aliphatic heterocycles. The van der Waals surface area contributed by atoms with Crippen molar-refractivity contribution < 1.29 is 8.78 Å². The lowest BCUT2D eigenvalue weighted by molar-refractivity contribution is 0.194. The Hall–Kier alpha value is -0.630. The molecule has 0 bridgehead atoms. The first kappa shape index (κ1) is 10.4. The van der Waals surface area contributed by atoms with Crippen molar-refractivity contribution >= 4 is 11.6 Å². The Balaban J connectivity index is 4.83. The zero-order chi connectivity index (χ0) is 9.02. The number of alkyl halides is 2. The average molecular weight is 179 g/mol. The first-order valence-electron chi connectivity index (χ1n) is 2.96. The maximum absolute atomic E-state index is 12.1. The van der Waals surface area contributed by atoms with Gasteiger partial charge in [0, 0.05) is 5.57 Å². The predicted molar refractivity (Wildman–Crippen MR) is 43.9 cm³/mol. The molecule has 0 aromatic heterocycles. The zero-order valence-electron chi connectivity index (χ0n) is 6.20. The van der Waals surface area contributed by atoms with Gasteiger partial charge in [0.1, 0.15) is 0 Å². The second-order valence-corrected chi connectivity index (χ2v) is 2.43. The Morgan fingerprint density at radius 3 is 2.09 bits per heavy atom. The summed E-state index contributed by atoms with van der Waals surface area (Å²) >= 11 is 5.51. The zero-order valence-corrected chi connectivity index (χ0v) is 6.96. The van der Waals surface area contributed by atoms with Gasteiger partial charge < -0.3 is 0 Å². The lowest BCUT2D eigenvalue weighted by Gasteiger charge is -2.03. The first-order valence-corrected chi connectivity index (χ1v) is 3.34. The van der Waals surface area contributed by atoms with E-state index in [9.17, 15) is 8.78 Å². The van der Waals surface area contributed by atoms with Crippen LogP contribution in [0.4, 0.5) is 8.78 Å². The molecule has 0 unspecified atom stereocenters. The molecular formula is C8H9ClF2. The summed E-state index contributed by atoms with van der Waals surface area (Å²) in [6, 6.07) is 0. The molecule has 0 radical (unpaired) electrons. The van der Waals surface area contributed by atoms with Gasteiger partial charge in [-0.2, -0.15) is 0 Å². The van der Waals surface area contributed by atoms with Gasteiger partial charge in [0.05, 0.1) is 5.03 Å². The molecule has 0 aromatic rings. The van der Waals surface area contributed by atoms with Crippen LogP contribution in [0.1, 0.15) is 6.92 Å². The van der Waals surface area contributed by atoms with E-state index in [0.717, 1.165) is 6.08 Å². The fourth-order valence-electron chi connectivity index (χ4n) is 0.521. The molecule has 0 aliphatic carbocycles. The van der Waals surface area contributed by atoms with Crippen molar-refractivity contribution in [2.45, 2.75) is 13.3 Å². The number of hydrogen-bond donors (Lipinski definition) is 0. The van der Waals surface area contributed by atoms with Gasteiger partial charge in [-0.15, -0.1) is 0 Å². The molecule has 0 fully saturated rings. The minimum atomic E-state index is -2.59. The molecule has 0 saturated carbocycles. The monoisotopic (exact) mass is 178 g/mol. The highest BCUT2D eigenvalue weighted by atomic mass is 35.5. The standard InChI is InChI=1S/C8H9ClF2/c1-4-6(8(10)11)7(9)5(2)3/h4,8H,1-2H2,3H3/b7-6-. The summed E-state index contributed by atoms with van der Waals surface area (Å²) in [6.07, 6.45) is -1.54. The molecule has 0 aromatic carbocycles. The van der Waals surface area contributed by atoms with E-state index in [4.69, 9.17) is 11.6 Å². The number of hydrogen-bond acceptors (Lipinski definition) is 0. The molecule has 0 rings (SSSR count). The van der Waals surface area contributed by atoms with E-state index < -0.39 is 6.43 Å². The third-order valence-electron chi connectivity index (χ3n) is 1.08. The third-order valence-corrected chi connectivity index (χ3v) is 1.62. The normalized spacial score (nSPS) is 12.8. The van der Waals surface area contributed by atoms with Crippen LogP contribution in [0.15, 0.2) is 35.4 Å². The summed E-state index contributed by atoms with van der Waals surface area (Å²) in [7, 11) is 0. The highest BCUT2D eigenvalue weighted by Gasteiger charge is 2.12. The van der Waals surface area contributed by atoms with Crippen LogP contribution < -0.4 is 0 Å². The molecule has 3 heteroatoms. The van der Waals surface area contributed by atoms with E-state index in [2.05, 4.69) is 13.2 Å². The molecule has 0 spiro atoms. The van der Waals surface area contributed by atoms with Gasteiger partial charge in [0.15, 0.2) is 0 Å². The summed E-state index contributed by atoms with van der Waals surface area (Å²) in [5.74, 6) is 0. The minimum Gasteiger partial charge on any atom is -0.205 e. The maximum atomic E-state index is 12.1. The topological polar surface area (TPSA) is 0 Å². The molecule has 0 heterocycles. The van der Waals surface area contributed by atoms with Gasteiger partial charge >= 0.3 is 0 Å². The van der Waals surface area contributed by atoms with Crippen LogP contribution in [0.25, 0.3) is 0 Å². The van der Waals surface area contributed by atoms with Crippen LogP contribution in [0.2, 0.25) is 0 Å². The minimum absolute atomic E-state index is 0.00463. The van der Waals surface area contributed by atoms with E-state index >= 15 is 0 Å². The molecule has 0 aliphatic rings. The Morgan fingerprint density at radius 2 is 2.00 bits per heavy atom. The predicted octanol–water partition coefficient (Wildman–Crippen LogP) is 3.51. The highest BCUT2D eigenvalue weighted by molar-refractivity contribution is 6.32. The van der Waals surface area contributed by atoms with Crippen molar-refractivity contribution in [1.82, 2.24) is 0 Å². The van der Waals surface area contributed by atoms with E-state index in [1.807, 2.05) is 0 Å². The fraction of sp³-hybridized carbons (Fsp3) is 0.250. The maximum Gasteiger partial charge on any atom is 0.265 e. The fourth-order valence-corrected chi connectivity index (χ4v) is 0.681. The van der Waals surface area contributed by atoms with Crippen LogP contribution in [0.3, 0.4) is 0 Å². The smallest absolute Gasteiger partial charge is 0.205 e. The summed E-state index contributed by atoms with van der Waals surface area (Å²) in [5.41, 5.74) is 0.154. The van der Waals surface area contributed by atoms with Crippen molar-refractivity contribution in [1.29, 1.82) is 0 Å². The van der Waals surface area contributed by atoms with Gasteiger partial charge in [-0.3, -0.25) is 0 Å². The summed E-state index contributed by atoms with van der Waals surface area (Å²) in [6.45, 7) is 8.22. The molecule has 0 nitrogen and oxygen atoms in total. The largest absolute Gasteiger partial charge is 0.265 e. The van der Waals surface area contributed by atoms with Crippen molar-refractivity contribution in [2.75, 3.05) is 0 Å². The summed E-state index contributed by atoms with van der Waals surface area (Å²) in [4.78, 5) is 0. The van der Waals surface area contributed by atoms with Crippen molar-refractivity contribution in [3.63, 3.8) is 0 Å². The molecule has 11 heavy (non-hydrogen) atoms. The van der Waals surface area contributed by atoms with Crippen LogP contribution in [-0.2, 0) is 0 Å². The molecule has 0 atom stereocenters. The molecule has 0 N–H and O–H groups in total. The Morgan fingerprint density at radius 1 is 1.55 bits per heavy atom. The SMILES string of the molecule is C=C/C(=C(/Cl)C(=C)C)C(F)F. The van der Waals surface area contributed by atoms with Crippen molar-refractivity contribution in [3.8, 4) is 0 Å². The molecular weight excluding hydrogens is 170 g/mol. The van der Waals surface area contributed by atoms with E-state index in [0.29, 0.717) is 5.57 Å². The van der Waals surface area contributed by atoms with Crippen LogP contribution in [0.5, 0.6) is 0 Å². The Labute approximate surface area is 69.9 Å². The van der Waals surface area contributed by atoms with Crippen molar-refractivity contribution in [2.24, 2.45) is 0 Å². The lowest BCUT2D eigenvalue weighted by Crippen LogP contribution is -1.96. The summed E-state index contributed by atoms with van der Waals surface area (Å²) in [5, 5.41) is -0.00463. The number of allylic oxidation sites excluding steroid dienone is 4. The number of rotatable bonds is 3. The summed E-state index contributed by atoms with van der Waals surface area (Å²) < 4.78 is 24.1. The van der Waals surface area contributed by atoms with Gasteiger partial charge in [-0.05, 0) is 12.5 Å². The quantitative estimate of drug-likeness (QED) is 0.581. The van der Waals surface area contributed by atoms with E-state index in [1.165, 1.54) is 0 Å². The highest BCUT2D eigenvalue weighted by Crippen LogP contribution is 2.22. The van der Waals surface area contributed by atoms with Crippen LogP contribution in [-0.4, -0.2) is 6.43 Å². The van der Waals surface area contributed by atoms with E-state index in [-0.39, 0.29) is 10.6 Å². The second-order valence-electron chi connectivity index (χ2n) is 2.05. The van der Waals surface area contributed by atoms with E-state index in [1.54, 1.807) is 6.92 Å². The molecule has 62 valence electrons. The van der Waals surface area contributed by atoms with Gasteiger partial charge in [0.25, 0.3) is 6.43 Å². The first-order chi connectivity index (χ1) is 5.00. The second kappa shape index (κ2) is 4.29. The van der Waals surface area contributed by atoms with Crippen LogP contribution >= 0.6 is 11.6 Å². The van der Waals surface area contributed by atoms with Gasteiger partial charge in [-0.25, -0.2) is 8.78 Å². The third kappa shape index (κ3) is 2.85. The van der Waals surface area contributed by atoms with Gasteiger partial charge in [0.2, 0.25) is 0 Å².